The molecule has 0 saturated carbocycles. The van der Waals surface area contributed by atoms with Crippen molar-refractivity contribution in [3.8, 4) is 0 Å². The highest BCUT2D eigenvalue weighted by molar-refractivity contribution is 5.91. The molecule has 0 spiro atoms. The van der Waals surface area contributed by atoms with E-state index in [1.165, 1.54) is 13.2 Å². The van der Waals surface area contributed by atoms with Crippen LogP contribution in [0.2, 0.25) is 0 Å². The highest BCUT2D eigenvalue weighted by Crippen LogP contribution is 2.41. The fourth-order valence-corrected chi connectivity index (χ4v) is 2.16. The standard InChI is InChI=1S/C12H18O5/c1-11(14-3)12(2,15-4)17-10-7-8(13)5-6-9(10)16-11/h5-6,9-10H,7H2,1-4H3/t9-,10-,11+,12+/m0/s1. The quantitative estimate of drug-likeness (QED) is 0.723. The average molecular weight is 242 g/mol. The summed E-state index contributed by atoms with van der Waals surface area (Å²) in [5.74, 6) is -2.00. The summed E-state index contributed by atoms with van der Waals surface area (Å²) < 4.78 is 22.5. The molecule has 2 rings (SSSR count). The Kier molecular flexibility index (Phi) is 3.12. The van der Waals surface area contributed by atoms with Gasteiger partial charge in [0.1, 0.15) is 6.10 Å². The van der Waals surface area contributed by atoms with Gasteiger partial charge in [-0.1, -0.05) is 0 Å². The van der Waals surface area contributed by atoms with E-state index < -0.39 is 11.6 Å². The number of rotatable bonds is 2. The molecule has 0 unspecified atom stereocenters. The molecule has 1 heterocycles. The lowest BCUT2D eigenvalue weighted by Crippen LogP contribution is -2.65. The van der Waals surface area contributed by atoms with Crippen molar-refractivity contribution < 1.29 is 23.7 Å². The smallest absolute Gasteiger partial charge is 0.220 e. The highest BCUT2D eigenvalue weighted by atomic mass is 16.8. The minimum Gasteiger partial charge on any atom is -0.349 e. The molecule has 0 aromatic heterocycles. The summed E-state index contributed by atoms with van der Waals surface area (Å²) >= 11 is 0. The minimum atomic E-state index is -1.03. The Morgan fingerprint density at radius 2 is 1.82 bits per heavy atom. The van der Waals surface area contributed by atoms with Crippen LogP contribution in [0.5, 0.6) is 0 Å². The van der Waals surface area contributed by atoms with Gasteiger partial charge in [-0.05, 0) is 26.0 Å². The van der Waals surface area contributed by atoms with E-state index in [0.29, 0.717) is 6.42 Å². The zero-order chi connectivity index (χ0) is 12.7. The first-order chi connectivity index (χ1) is 7.94. The van der Waals surface area contributed by atoms with Gasteiger partial charge in [0.25, 0.3) is 0 Å². The van der Waals surface area contributed by atoms with E-state index in [9.17, 15) is 4.79 Å². The Balaban J connectivity index is 2.29. The third-order valence-corrected chi connectivity index (χ3v) is 3.58. The molecule has 5 heteroatoms. The summed E-state index contributed by atoms with van der Waals surface area (Å²) in [7, 11) is 3.07. The number of methoxy groups -OCH3 is 2. The molecule has 1 aliphatic carbocycles. The number of carbonyl (C=O) groups is 1. The number of allylic oxidation sites excluding steroid dienone is 1. The number of hydrogen-bond acceptors (Lipinski definition) is 5. The van der Waals surface area contributed by atoms with E-state index >= 15 is 0 Å². The number of carbonyl (C=O) groups excluding carboxylic acids is 1. The van der Waals surface area contributed by atoms with Crippen molar-refractivity contribution in [2.45, 2.75) is 44.1 Å². The first kappa shape index (κ1) is 12.7. The van der Waals surface area contributed by atoms with Gasteiger partial charge in [0.2, 0.25) is 11.6 Å². The largest absolute Gasteiger partial charge is 0.349 e. The Morgan fingerprint density at radius 3 is 2.41 bits per heavy atom. The van der Waals surface area contributed by atoms with Crippen LogP contribution in [0, 0.1) is 0 Å². The molecule has 1 saturated heterocycles. The summed E-state index contributed by atoms with van der Waals surface area (Å²) in [4.78, 5) is 11.4. The lowest BCUT2D eigenvalue weighted by Gasteiger charge is -2.52. The maximum atomic E-state index is 11.4. The number of fused-ring (bicyclic) bond motifs is 1. The number of ketones is 1. The molecule has 1 aliphatic heterocycles. The highest BCUT2D eigenvalue weighted by Gasteiger charge is 2.56. The normalized spacial score (nSPS) is 45.8. The molecule has 17 heavy (non-hydrogen) atoms. The maximum Gasteiger partial charge on any atom is 0.220 e. The molecule has 1 fully saturated rings. The van der Waals surface area contributed by atoms with Crippen molar-refractivity contribution in [1.82, 2.24) is 0 Å². The average Bonchev–Trinajstić information content (AvgIpc) is 2.31. The molecule has 0 aromatic rings. The first-order valence-corrected chi connectivity index (χ1v) is 5.61. The van der Waals surface area contributed by atoms with Gasteiger partial charge >= 0.3 is 0 Å². The fraction of sp³-hybridized carbons (Fsp3) is 0.750. The van der Waals surface area contributed by atoms with E-state index in [0.717, 1.165) is 0 Å². The molecule has 0 aromatic carbocycles. The fourth-order valence-electron chi connectivity index (χ4n) is 2.16. The van der Waals surface area contributed by atoms with Crippen molar-refractivity contribution in [3.05, 3.63) is 12.2 Å². The molecule has 96 valence electrons. The van der Waals surface area contributed by atoms with E-state index in [1.54, 1.807) is 27.0 Å². The van der Waals surface area contributed by atoms with Gasteiger partial charge in [0.05, 0.1) is 6.10 Å². The molecule has 4 atom stereocenters. The van der Waals surface area contributed by atoms with Crippen LogP contribution in [0.1, 0.15) is 20.3 Å². The number of hydrogen-bond donors (Lipinski definition) is 0. The monoisotopic (exact) mass is 242 g/mol. The van der Waals surface area contributed by atoms with Crippen LogP contribution < -0.4 is 0 Å². The molecule has 0 bridgehead atoms. The van der Waals surface area contributed by atoms with Crippen molar-refractivity contribution in [2.24, 2.45) is 0 Å². The lowest BCUT2D eigenvalue weighted by molar-refractivity contribution is -0.442. The summed E-state index contributed by atoms with van der Waals surface area (Å²) in [6, 6.07) is 0. The Labute approximate surface area is 101 Å². The van der Waals surface area contributed by atoms with Gasteiger partial charge < -0.3 is 18.9 Å². The summed E-state index contributed by atoms with van der Waals surface area (Å²) in [6.07, 6.45) is 2.94. The maximum absolute atomic E-state index is 11.4. The second-order valence-corrected chi connectivity index (χ2v) is 4.57. The van der Waals surface area contributed by atoms with Crippen molar-refractivity contribution in [3.63, 3.8) is 0 Å². The van der Waals surface area contributed by atoms with E-state index in [1.807, 2.05) is 0 Å². The van der Waals surface area contributed by atoms with Gasteiger partial charge in [0, 0.05) is 20.6 Å². The van der Waals surface area contributed by atoms with Gasteiger partial charge in [-0.3, -0.25) is 4.79 Å². The van der Waals surface area contributed by atoms with Crippen LogP contribution >= 0.6 is 0 Å². The predicted molar refractivity (Wildman–Crippen MR) is 59.3 cm³/mol. The molecule has 5 nitrogen and oxygen atoms in total. The van der Waals surface area contributed by atoms with E-state index in [2.05, 4.69) is 0 Å². The van der Waals surface area contributed by atoms with E-state index in [4.69, 9.17) is 18.9 Å². The van der Waals surface area contributed by atoms with Crippen LogP contribution in [-0.4, -0.2) is 43.8 Å². The zero-order valence-corrected chi connectivity index (χ0v) is 10.6. The summed E-state index contributed by atoms with van der Waals surface area (Å²) in [6.45, 7) is 3.51. The van der Waals surface area contributed by atoms with Crippen LogP contribution in [0.15, 0.2) is 12.2 Å². The summed E-state index contributed by atoms with van der Waals surface area (Å²) in [5.41, 5.74) is 0. The summed E-state index contributed by atoms with van der Waals surface area (Å²) in [5, 5.41) is 0. The Bertz CT molecular complexity index is 353. The molecule has 0 amide bonds. The topological polar surface area (TPSA) is 54.0 Å². The van der Waals surface area contributed by atoms with Crippen molar-refractivity contribution in [1.29, 1.82) is 0 Å². The molecule has 2 aliphatic rings. The van der Waals surface area contributed by atoms with Gasteiger partial charge in [-0.25, -0.2) is 0 Å². The second kappa shape index (κ2) is 4.17. The molecule has 0 N–H and O–H groups in total. The predicted octanol–water partition coefficient (Wildman–Crippen LogP) is 1.02. The SMILES string of the molecule is CO[C@]1(C)O[C@H]2C=CC(=O)C[C@@H]2O[C@@]1(C)OC. The van der Waals surface area contributed by atoms with Crippen LogP contribution in [-0.2, 0) is 23.7 Å². The Hall–Kier alpha value is -0.750. The third-order valence-electron chi connectivity index (χ3n) is 3.58. The second-order valence-electron chi connectivity index (χ2n) is 4.57. The van der Waals surface area contributed by atoms with E-state index in [-0.39, 0.29) is 18.0 Å². The minimum absolute atomic E-state index is 0.0364. The van der Waals surface area contributed by atoms with Crippen molar-refractivity contribution in [2.75, 3.05) is 14.2 Å². The Morgan fingerprint density at radius 1 is 1.24 bits per heavy atom. The van der Waals surface area contributed by atoms with Crippen molar-refractivity contribution >= 4 is 5.78 Å². The molecule has 0 radical (unpaired) electrons. The van der Waals surface area contributed by atoms with Crippen LogP contribution in [0.4, 0.5) is 0 Å². The van der Waals surface area contributed by atoms with Crippen LogP contribution in [0.25, 0.3) is 0 Å². The van der Waals surface area contributed by atoms with Gasteiger partial charge in [-0.2, -0.15) is 0 Å². The van der Waals surface area contributed by atoms with Gasteiger partial charge in [0.15, 0.2) is 5.78 Å². The zero-order valence-electron chi connectivity index (χ0n) is 10.6. The lowest BCUT2D eigenvalue weighted by atomic mass is 9.96. The third kappa shape index (κ3) is 1.93. The number of ether oxygens (including phenoxy) is 4. The molecular weight excluding hydrogens is 224 g/mol. The van der Waals surface area contributed by atoms with Gasteiger partial charge in [-0.15, -0.1) is 0 Å². The molecular formula is C12H18O5. The first-order valence-electron chi connectivity index (χ1n) is 5.61. The van der Waals surface area contributed by atoms with Crippen LogP contribution in [0.3, 0.4) is 0 Å².